The van der Waals surface area contributed by atoms with Gasteiger partial charge in [-0.2, -0.15) is 0 Å². The van der Waals surface area contributed by atoms with E-state index >= 15 is 0 Å². The Morgan fingerprint density at radius 3 is 2.18 bits per heavy atom. The van der Waals surface area contributed by atoms with Gasteiger partial charge in [0.15, 0.2) is 5.76 Å². The van der Waals surface area contributed by atoms with Gasteiger partial charge in [0.1, 0.15) is 6.04 Å². The molecule has 0 unspecified atom stereocenters. The zero-order valence-corrected chi connectivity index (χ0v) is 23.3. The number of aromatic nitrogens is 1. The van der Waals surface area contributed by atoms with Gasteiger partial charge in [-0.25, -0.2) is 0 Å². The van der Waals surface area contributed by atoms with E-state index in [0.717, 1.165) is 62.5 Å². The molecule has 6 rings (SSSR count). The molecular formula is C33H43N3O3. The summed E-state index contributed by atoms with van der Waals surface area (Å²) in [6, 6.07) is 22.5. The number of rotatable bonds is 6. The van der Waals surface area contributed by atoms with E-state index in [1.807, 2.05) is 24.3 Å². The third kappa shape index (κ3) is 7.17. The zero-order chi connectivity index (χ0) is 27.0. The van der Waals surface area contributed by atoms with Gasteiger partial charge in [0, 0.05) is 24.1 Å². The van der Waals surface area contributed by atoms with Gasteiger partial charge in [-0.3, -0.25) is 9.69 Å². The number of piperidine rings is 1. The van der Waals surface area contributed by atoms with Crippen LogP contribution in [0.4, 0.5) is 0 Å². The Bertz CT molecular complexity index is 1150. The summed E-state index contributed by atoms with van der Waals surface area (Å²) in [4.78, 5) is 16.4. The van der Waals surface area contributed by atoms with Crippen LogP contribution >= 0.6 is 0 Å². The van der Waals surface area contributed by atoms with Crippen molar-refractivity contribution in [1.29, 1.82) is 0 Å². The van der Waals surface area contributed by atoms with Gasteiger partial charge >= 0.3 is 5.97 Å². The highest BCUT2D eigenvalue weighted by molar-refractivity contribution is 5.74. The van der Waals surface area contributed by atoms with Crippen molar-refractivity contribution in [1.82, 2.24) is 15.0 Å². The second kappa shape index (κ2) is 13.4. The quantitative estimate of drug-likeness (QED) is 0.385. The minimum absolute atomic E-state index is 0.265. The monoisotopic (exact) mass is 529 g/mol. The van der Waals surface area contributed by atoms with Gasteiger partial charge in [0.05, 0.1) is 5.69 Å². The molecule has 3 aromatic rings. The highest BCUT2D eigenvalue weighted by Gasteiger charge is 2.38. The van der Waals surface area contributed by atoms with Gasteiger partial charge in [-0.15, -0.1) is 0 Å². The van der Waals surface area contributed by atoms with Crippen LogP contribution in [0.25, 0.3) is 11.3 Å². The highest BCUT2D eigenvalue weighted by atomic mass is 16.5. The van der Waals surface area contributed by atoms with Gasteiger partial charge in [0.2, 0.25) is 0 Å². The van der Waals surface area contributed by atoms with E-state index in [9.17, 15) is 9.90 Å². The zero-order valence-electron chi connectivity index (χ0n) is 23.3. The molecule has 2 aromatic carbocycles. The molecule has 208 valence electrons. The first-order chi connectivity index (χ1) is 19.1. The van der Waals surface area contributed by atoms with Crippen molar-refractivity contribution in [2.75, 3.05) is 33.2 Å². The minimum atomic E-state index is -0.615. The molecule has 0 radical (unpaired) electrons. The normalized spacial score (nSPS) is 22.2. The summed E-state index contributed by atoms with van der Waals surface area (Å²) in [5.41, 5.74) is 3.57. The standard InChI is InChI=1S/C18H25NO2.C15H18N2O/c20-18(21)17(15-9-5-2-6-10-15)19-12-11-16(13-19)14-7-3-1-4-8-14;1-17-9-7-12(8-10-17)14-11-15(18-16-14)13-5-3-2-4-6-13/h1,3-4,7-8,15-17H,2,5-6,9-13H2,(H,20,21);2-6,11-12H,7-10H2,1H3/t16-,17-;/m1./s1. The predicted molar refractivity (Wildman–Crippen MR) is 155 cm³/mol. The van der Waals surface area contributed by atoms with E-state index in [1.54, 1.807) is 0 Å². The minimum Gasteiger partial charge on any atom is -0.480 e. The highest BCUT2D eigenvalue weighted by Crippen LogP contribution is 2.35. The van der Waals surface area contributed by atoms with Crippen LogP contribution in [0.1, 0.15) is 74.5 Å². The Labute approximate surface area is 233 Å². The van der Waals surface area contributed by atoms with Crippen molar-refractivity contribution in [2.24, 2.45) is 5.92 Å². The van der Waals surface area contributed by atoms with E-state index < -0.39 is 5.97 Å². The molecule has 0 amide bonds. The second-order valence-corrected chi connectivity index (χ2v) is 11.6. The number of nitrogens with zero attached hydrogens (tertiary/aromatic N) is 3. The molecule has 1 N–H and O–H groups in total. The predicted octanol–water partition coefficient (Wildman–Crippen LogP) is 6.66. The first-order valence-electron chi connectivity index (χ1n) is 14.8. The maximum atomic E-state index is 11.8. The molecule has 39 heavy (non-hydrogen) atoms. The van der Waals surface area contributed by atoms with Crippen molar-refractivity contribution in [3.05, 3.63) is 78.0 Å². The molecule has 3 fully saturated rings. The SMILES string of the molecule is CN1CCC(c2cc(-c3ccccc3)on2)CC1.O=C(O)[C@@H](C1CCCCC1)N1CC[C@@H](c2ccccc2)C1. The number of carboxylic acids is 1. The lowest BCUT2D eigenvalue weighted by molar-refractivity contribution is -0.145. The van der Waals surface area contributed by atoms with Crippen LogP contribution in [0, 0.1) is 5.92 Å². The lowest BCUT2D eigenvalue weighted by Crippen LogP contribution is -2.45. The number of carbonyl (C=O) groups is 1. The smallest absolute Gasteiger partial charge is 0.321 e. The Kier molecular flexibility index (Phi) is 9.49. The molecule has 1 aromatic heterocycles. The largest absolute Gasteiger partial charge is 0.480 e. The summed E-state index contributed by atoms with van der Waals surface area (Å²) in [6.07, 6.45) is 9.28. The van der Waals surface area contributed by atoms with Gasteiger partial charge in [-0.05, 0) is 76.2 Å². The molecule has 2 saturated heterocycles. The van der Waals surface area contributed by atoms with E-state index in [0.29, 0.717) is 17.8 Å². The van der Waals surface area contributed by atoms with Crippen molar-refractivity contribution < 1.29 is 14.4 Å². The molecule has 3 heterocycles. The fourth-order valence-electron chi connectivity index (χ4n) is 6.67. The van der Waals surface area contributed by atoms with Crippen LogP contribution in [0.15, 0.2) is 71.3 Å². The third-order valence-electron chi connectivity index (χ3n) is 8.96. The van der Waals surface area contributed by atoms with Crippen molar-refractivity contribution in [3.8, 4) is 11.3 Å². The second-order valence-electron chi connectivity index (χ2n) is 11.6. The maximum absolute atomic E-state index is 11.8. The average Bonchev–Trinajstić information content (AvgIpc) is 3.66. The van der Waals surface area contributed by atoms with E-state index in [-0.39, 0.29) is 6.04 Å². The van der Waals surface area contributed by atoms with Gasteiger partial charge < -0.3 is 14.5 Å². The topological polar surface area (TPSA) is 69.8 Å². The summed E-state index contributed by atoms with van der Waals surface area (Å²) < 4.78 is 5.47. The molecule has 0 spiro atoms. The molecule has 3 aliphatic rings. The molecule has 1 aliphatic carbocycles. The van der Waals surface area contributed by atoms with E-state index in [1.165, 1.54) is 37.7 Å². The molecule has 0 bridgehead atoms. The molecule has 6 heteroatoms. The summed E-state index contributed by atoms with van der Waals surface area (Å²) in [7, 11) is 2.18. The van der Waals surface area contributed by atoms with Crippen LogP contribution < -0.4 is 0 Å². The van der Waals surface area contributed by atoms with Gasteiger partial charge in [0.25, 0.3) is 0 Å². The van der Waals surface area contributed by atoms with Crippen LogP contribution in [-0.4, -0.2) is 65.3 Å². The number of hydrogen-bond acceptors (Lipinski definition) is 5. The Morgan fingerprint density at radius 2 is 1.51 bits per heavy atom. The number of likely N-dealkylation sites (tertiary alicyclic amines) is 2. The summed E-state index contributed by atoms with van der Waals surface area (Å²) in [6.45, 7) is 4.13. The number of hydrogen-bond donors (Lipinski definition) is 1. The van der Waals surface area contributed by atoms with E-state index in [2.05, 4.69) is 64.5 Å². The number of benzene rings is 2. The number of carboxylic acid groups (broad SMARTS) is 1. The summed E-state index contributed by atoms with van der Waals surface area (Å²) in [5.74, 6) is 1.67. The fourth-order valence-corrected chi connectivity index (χ4v) is 6.67. The Morgan fingerprint density at radius 1 is 0.872 bits per heavy atom. The van der Waals surface area contributed by atoms with Crippen molar-refractivity contribution in [2.45, 2.75) is 69.2 Å². The molecule has 6 nitrogen and oxygen atoms in total. The molecule has 2 aliphatic heterocycles. The van der Waals surface area contributed by atoms with E-state index in [4.69, 9.17) is 4.52 Å². The Balaban J connectivity index is 0.000000160. The Hall–Kier alpha value is -2.96. The first kappa shape index (κ1) is 27.6. The third-order valence-corrected chi connectivity index (χ3v) is 8.96. The summed E-state index contributed by atoms with van der Waals surface area (Å²) in [5, 5.41) is 13.9. The molecule has 1 saturated carbocycles. The molecule has 2 atom stereocenters. The average molecular weight is 530 g/mol. The van der Waals surface area contributed by atoms with Crippen LogP contribution in [-0.2, 0) is 4.79 Å². The lowest BCUT2D eigenvalue weighted by atomic mass is 9.83. The van der Waals surface area contributed by atoms with Crippen molar-refractivity contribution in [3.63, 3.8) is 0 Å². The fraction of sp³-hybridized carbons (Fsp3) is 0.515. The van der Waals surface area contributed by atoms with Crippen LogP contribution in [0.2, 0.25) is 0 Å². The maximum Gasteiger partial charge on any atom is 0.321 e. The lowest BCUT2D eigenvalue weighted by Gasteiger charge is -2.33. The van der Waals surface area contributed by atoms with Crippen LogP contribution in [0.3, 0.4) is 0 Å². The number of aliphatic carboxylic acids is 1. The van der Waals surface area contributed by atoms with Crippen molar-refractivity contribution >= 4 is 5.97 Å². The van der Waals surface area contributed by atoms with Crippen LogP contribution in [0.5, 0.6) is 0 Å². The van der Waals surface area contributed by atoms with Gasteiger partial charge in [-0.1, -0.05) is 85.1 Å². The summed E-state index contributed by atoms with van der Waals surface area (Å²) >= 11 is 0. The molecular weight excluding hydrogens is 486 g/mol. The first-order valence-corrected chi connectivity index (χ1v) is 14.8.